The fourth-order valence-corrected chi connectivity index (χ4v) is 1.70. The van der Waals surface area contributed by atoms with Gasteiger partial charge in [0.1, 0.15) is 0 Å². The summed E-state index contributed by atoms with van der Waals surface area (Å²) in [6.07, 6.45) is 2.24. The number of nitrogens with zero attached hydrogens (tertiary/aromatic N) is 1. The molecule has 1 atom stereocenters. The van der Waals surface area contributed by atoms with Gasteiger partial charge in [-0.3, -0.25) is 0 Å². The summed E-state index contributed by atoms with van der Waals surface area (Å²) >= 11 is 0. The van der Waals surface area contributed by atoms with Gasteiger partial charge in [-0.2, -0.15) is 0 Å². The molecule has 78 valence electrons. The lowest BCUT2D eigenvalue weighted by molar-refractivity contribution is 0.176. The first kappa shape index (κ1) is 9.99. The van der Waals surface area contributed by atoms with Crippen LogP contribution in [0.2, 0.25) is 0 Å². The zero-order valence-corrected chi connectivity index (χ0v) is 8.80. The third kappa shape index (κ3) is 2.28. The molecule has 0 saturated carbocycles. The fourth-order valence-electron chi connectivity index (χ4n) is 1.70. The zero-order chi connectivity index (χ0) is 10.7. The van der Waals surface area contributed by atoms with Crippen LogP contribution in [0.25, 0.3) is 0 Å². The Bertz CT molecular complexity index is 419. The molecule has 15 heavy (non-hydrogen) atoms. The number of rotatable bonds is 3. The molecule has 2 aromatic rings. The van der Waals surface area contributed by atoms with Gasteiger partial charge in [-0.1, -0.05) is 30.3 Å². The van der Waals surface area contributed by atoms with Crippen LogP contribution in [-0.2, 0) is 13.5 Å². The van der Waals surface area contributed by atoms with Crippen molar-refractivity contribution in [3.63, 3.8) is 0 Å². The van der Waals surface area contributed by atoms with Crippen molar-refractivity contribution in [3.05, 3.63) is 59.9 Å². The lowest BCUT2D eigenvalue weighted by Gasteiger charge is -2.11. The van der Waals surface area contributed by atoms with Crippen LogP contribution in [-0.4, -0.2) is 9.67 Å². The van der Waals surface area contributed by atoms with Gasteiger partial charge >= 0.3 is 0 Å². The van der Waals surface area contributed by atoms with Gasteiger partial charge in [0.15, 0.2) is 0 Å². The van der Waals surface area contributed by atoms with Crippen molar-refractivity contribution in [3.8, 4) is 0 Å². The van der Waals surface area contributed by atoms with Gasteiger partial charge in [0, 0.05) is 25.4 Å². The Morgan fingerprint density at radius 2 is 1.87 bits per heavy atom. The molecule has 1 unspecified atom stereocenters. The van der Waals surface area contributed by atoms with Gasteiger partial charge in [0.2, 0.25) is 0 Å². The van der Waals surface area contributed by atoms with Crippen LogP contribution >= 0.6 is 0 Å². The van der Waals surface area contributed by atoms with E-state index in [9.17, 15) is 5.11 Å². The van der Waals surface area contributed by atoms with E-state index in [1.54, 1.807) is 0 Å². The van der Waals surface area contributed by atoms with Gasteiger partial charge in [0.05, 0.1) is 6.10 Å². The first-order valence-corrected chi connectivity index (χ1v) is 5.10. The maximum atomic E-state index is 10.0. The summed E-state index contributed by atoms with van der Waals surface area (Å²) in [6.45, 7) is 0. The van der Waals surface area contributed by atoms with E-state index < -0.39 is 6.10 Å². The molecule has 2 rings (SSSR count). The molecule has 2 nitrogen and oxygen atoms in total. The minimum Gasteiger partial charge on any atom is -0.388 e. The number of aryl methyl sites for hydroxylation is 1. The summed E-state index contributed by atoms with van der Waals surface area (Å²) < 4.78 is 2.03. The Balaban J connectivity index is 2.11. The van der Waals surface area contributed by atoms with E-state index in [2.05, 4.69) is 0 Å². The predicted molar refractivity (Wildman–Crippen MR) is 60.5 cm³/mol. The third-order valence-electron chi connectivity index (χ3n) is 2.64. The van der Waals surface area contributed by atoms with Crippen molar-refractivity contribution in [2.24, 2.45) is 7.05 Å². The number of aliphatic hydroxyl groups excluding tert-OH is 1. The normalized spacial score (nSPS) is 12.7. The summed E-state index contributed by atoms with van der Waals surface area (Å²) in [5, 5.41) is 10.0. The van der Waals surface area contributed by atoms with Crippen LogP contribution in [0.1, 0.15) is 17.4 Å². The van der Waals surface area contributed by atoms with E-state index in [0.29, 0.717) is 6.42 Å². The molecule has 1 aromatic carbocycles. The second kappa shape index (κ2) is 4.32. The van der Waals surface area contributed by atoms with Gasteiger partial charge in [-0.05, 0) is 17.7 Å². The average Bonchev–Trinajstić information content (AvgIpc) is 2.66. The molecule has 0 radical (unpaired) electrons. The van der Waals surface area contributed by atoms with E-state index in [1.165, 1.54) is 0 Å². The number of aromatic nitrogens is 1. The molecule has 0 aliphatic carbocycles. The summed E-state index contributed by atoms with van der Waals surface area (Å²) in [5.74, 6) is 0. The van der Waals surface area contributed by atoms with Crippen LogP contribution in [0.15, 0.2) is 48.7 Å². The standard InChI is InChI=1S/C13H15NO/c1-14-9-5-8-12(14)10-13(15)11-6-3-2-4-7-11/h2-9,13,15H,10H2,1H3. The largest absolute Gasteiger partial charge is 0.388 e. The zero-order valence-electron chi connectivity index (χ0n) is 8.80. The molecular formula is C13H15NO. The molecule has 2 heteroatoms. The van der Waals surface area contributed by atoms with Crippen LogP contribution in [0.4, 0.5) is 0 Å². The van der Waals surface area contributed by atoms with Crippen molar-refractivity contribution in [2.75, 3.05) is 0 Å². The third-order valence-corrected chi connectivity index (χ3v) is 2.64. The Morgan fingerprint density at radius 3 is 2.47 bits per heavy atom. The number of hydrogen-bond acceptors (Lipinski definition) is 1. The Kier molecular flexibility index (Phi) is 2.88. The Morgan fingerprint density at radius 1 is 1.13 bits per heavy atom. The molecule has 0 saturated heterocycles. The predicted octanol–water partition coefficient (Wildman–Crippen LogP) is 2.30. The molecular weight excluding hydrogens is 186 g/mol. The van der Waals surface area contributed by atoms with E-state index >= 15 is 0 Å². The average molecular weight is 201 g/mol. The minimum absolute atomic E-state index is 0.417. The van der Waals surface area contributed by atoms with E-state index in [1.807, 2.05) is 60.3 Å². The van der Waals surface area contributed by atoms with Crippen molar-refractivity contribution < 1.29 is 5.11 Å². The molecule has 1 aromatic heterocycles. The number of hydrogen-bond donors (Lipinski definition) is 1. The molecule has 0 aliphatic heterocycles. The Hall–Kier alpha value is -1.54. The highest BCUT2D eigenvalue weighted by Crippen LogP contribution is 2.17. The monoisotopic (exact) mass is 201 g/mol. The maximum Gasteiger partial charge on any atom is 0.0844 e. The second-order valence-electron chi connectivity index (χ2n) is 3.74. The van der Waals surface area contributed by atoms with Crippen molar-refractivity contribution in [2.45, 2.75) is 12.5 Å². The summed E-state index contributed by atoms with van der Waals surface area (Å²) in [6, 6.07) is 13.8. The second-order valence-corrected chi connectivity index (χ2v) is 3.74. The summed E-state index contributed by atoms with van der Waals surface area (Å²) in [4.78, 5) is 0. The quantitative estimate of drug-likeness (QED) is 0.810. The van der Waals surface area contributed by atoms with Crippen molar-refractivity contribution in [1.29, 1.82) is 0 Å². The van der Waals surface area contributed by atoms with Gasteiger partial charge < -0.3 is 9.67 Å². The SMILES string of the molecule is Cn1cccc1CC(O)c1ccccc1. The van der Waals surface area contributed by atoms with Gasteiger partial charge in [-0.15, -0.1) is 0 Å². The number of aliphatic hydroxyl groups is 1. The Labute approximate surface area is 89.8 Å². The van der Waals surface area contributed by atoms with Crippen molar-refractivity contribution >= 4 is 0 Å². The molecule has 0 bridgehead atoms. The van der Waals surface area contributed by atoms with Crippen LogP contribution < -0.4 is 0 Å². The van der Waals surface area contributed by atoms with E-state index in [4.69, 9.17) is 0 Å². The maximum absolute atomic E-state index is 10.0. The topological polar surface area (TPSA) is 25.2 Å². The fraction of sp³-hybridized carbons (Fsp3) is 0.231. The highest BCUT2D eigenvalue weighted by atomic mass is 16.3. The lowest BCUT2D eigenvalue weighted by atomic mass is 10.1. The molecule has 0 aliphatic rings. The summed E-state index contributed by atoms with van der Waals surface area (Å²) in [5.41, 5.74) is 2.12. The number of benzene rings is 1. The van der Waals surface area contributed by atoms with Gasteiger partial charge in [0.25, 0.3) is 0 Å². The van der Waals surface area contributed by atoms with Crippen LogP contribution in [0.5, 0.6) is 0 Å². The van der Waals surface area contributed by atoms with Crippen LogP contribution in [0, 0.1) is 0 Å². The highest BCUT2D eigenvalue weighted by Gasteiger charge is 2.09. The summed E-state index contributed by atoms with van der Waals surface area (Å²) in [7, 11) is 1.99. The highest BCUT2D eigenvalue weighted by molar-refractivity contribution is 5.19. The lowest BCUT2D eigenvalue weighted by Crippen LogP contribution is -2.04. The minimum atomic E-state index is -0.417. The van der Waals surface area contributed by atoms with Crippen LogP contribution in [0.3, 0.4) is 0 Å². The molecule has 0 spiro atoms. The van der Waals surface area contributed by atoms with E-state index in [-0.39, 0.29) is 0 Å². The first-order chi connectivity index (χ1) is 7.27. The smallest absolute Gasteiger partial charge is 0.0844 e. The molecule has 0 amide bonds. The van der Waals surface area contributed by atoms with Gasteiger partial charge in [-0.25, -0.2) is 0 Å². The molecule has 0 fully saturated rings. The molecule has 1 heterocycles. The first-order valence-electron chi connectivity index (χ1n) is 5.10. The van der Waals surface area contributed by atoms with Crippen molar-refractivity contribution in [1.82, 2.24) is 4.57 Å². The van der Waals surface area contributed by atoms with E-state index in [0.717, 1.165) is 11.3 Å². The molecule has 1 N–H and O–H groups in total.